The zero-order valence-corrected chi connectivity index (χ0v) is 16.1. The van der Waals surface area contributed by atoms with Gasteiger partial charge in [0.05, 0.1) is 21.2 Å². The fourth-order valence-corrected chi connectivity index (χ4v) is 3.56. The minimum atomic E-state index is -1.02. The van der Waals surface area contributed by atoms with Gasteiger partial charge in [-0.15, -0.1) is 0 Å². The highest BCUT2D eigenvalue weighted by Gasteiger charge is 2.38. The summed E-state index contributed by atoms with van der Waals surface area (Å²) in [6.45, 7) is 0.854. The van der Waals surface area contributed by atoms with Gasteiger partial charge < -0.3 is 10.1 Å². The van der Waals surface area contributed by atoms with Crippen LogP contribution in [0.1, 0.15) is 53.3 Å². The Morgan fingerprint density at radius 1 is 1.15 bits per heavy atom. The van der Waals surface area contributed by atoms with Gasteiger partial charge in [-0.1, -0.05) is 36.0 Å². The van der Waals surface area contributed by atoms with Crippen molar-refractivity contribution in [2.24, 2.45) is 0 Å². The molecular weight excluding hydrogens is 395 g/mol. The molecule has 1 fully saturated rings. The third-order valence-electron chi connectivity index (χ3n) is 4.68. The van der Waals surface area contributed by atoms with Gasteiger partial charge in [0.1, 0.15) is 6.54 Å². The number of halogens is 2. The summed E-state index contributed by atoms with van der Waals surface area (Å²) in [6.07, 6.45) is 2.93. The number of ether oxygens (including phenoxy) is 1. The summed E-state index contributed by atoms with van der Waals surface area (Å²) in [5.74, 6) is -2.56. The highest BCUT2D eigenvalue weighted by Crippen LogP contribution is 2.31. The molecule has 1 heterocycles. The van der Waals surface area contributed by atoms with Crippen molar-refractivity contribution in [3.63, 3.8) is 0 Å². The normalized spacial score (nSPS) is 17.8. The van der Waals surface area contributed by atoms with E-state index < -0.39 is 36.3 Å². The second-order valence-electron chi connectivity index (χ2n) is 6.63. The van der Waals surface area contributed by atoms with Crippen LogP contribution < -0.4 is 5.32 Å². The summed E-state index contributed by atoms with van der Waals surface area (Å²) in [7, 11) is 0. The first kappa shape index (κ1) is 19.6. The molecule has 3 amide bonds. The second kappa shape index (κ2) is 7.86. The van der Waals surface area contributed by atoms with Crippen molar-refractivity contribution in [1.29, 1.82) is 0 Å². The van der Waals surface area contributed by atoms with E-state index in [0.29, 0.717) is 0 Å². The average molecular weight is 413 g/mol. The number of amides is 3. The first-order chi connectivity index (χ1) is 12.8. The number of rotatable bonds is 5. The summed E-state index contributed by atoms with van der Waals surface area (Å²) in [4.78, 5) is 49.7. The zero-order valence-electron chi connectivity index (χ0n) is 14.6. The SMILES string of the molecule is C[C@@H](OC(=O)CN1C(=O)c2cc(Cl)c(Cl)cc2C1=O)C(=O)NC1CCCC1. The predicted octanol–water partition coefficient (Wildman–Crippen LogP) is 2.58. The topological polar surface area (TPSA) is 92.8 Å². The molecule has 1 atom stereocenters. The Bertz CT molecular complexity index is 779. The molecular formula is C18H18Cl2N2O5. The highest BCUT2D eigenvalue weighted by atomic mass is 35.5. The van der Waals surface area contributed by atoms with Crippen LogP contribution in [0.4, 0.5) is 0 Å². The maximum absolute atomic E-state index is 12.4. The van der Waals surface area contributed by atoms with Crippen molar-refractivity contribution in [3.05, 3.63) is 33.3 Å². The minimum Gasteiger partial charge on any atom is -0.451 e. The van der Waals surface area contributed by atoms with E-state index in [0.717, 1.165) is 30.6 Å². The van der Waals surface area contributed by atoms with Gasteiger partial charge in [0, 0.05) is 6.04 Å². The van der Waals surface area contributed by atoms with Gasteiger partial charge >= 0.3 is 5.97 Å². The van der Waals surface area contributed by atoms with Crippen LogP contribution in [0, 0.1) is 0 Å². The molecule has 1 N–H and O–H groups in total. The van der Waals surface area contributed by atoms with Crippen molar-refractivity contribution < 1.29 is 23.9 Å². The molecule has 0 unspecified atom stereocenters. The molecule has 0 aromatic heterocycles. The standard InChI is InChI=1S/C18H18Cl2N2O5/c1-9(16(24)21-10-4-2-3-5-10)27-15(23)8-22-17(25)11-6-13(19)14(20)7-12(11)18(22)26/h6-7,9-10H,2-5,8H2,1H3,(H,21,24)/t9-/m1/s1. The molecule has 0 radical (unpaired) electrons. The maximum atomic E-state index is 12.4. The molecule has 1 aromatic rings. The van der Waals surface area contributed by atoms with E-state index in [2.05, 4.69) is 5.32 Å². The largest absolute Gasteiger partial charge is 0.451 e. The lowest BCUT2D eigenvalue weighted by Gasteiger charge is -2.18. The third kappa shape index (κ3) is 4.09. The molecule has 7 nitrogen and oxygen atoms in total. The fraction of sp³-hybridized carbons (Fsp3) is 0.444. The first-order valence-corrected chi connectivity index (χ1v) is 9.38. The highest BCUT2D eigenvalue weighted by molar-refractivity contribution is 6.43. The number of hydrogen-bond donors (Lipinski definition) is 1. The molecule has 144 valence electrons. The van der Waals surface area contributed by atoms with Crippen LogP contribution in [0.2, 0.25) is 10.0 Å². The minimum absolute atomic E-state index is 0.0780. The van der Waals surface area contributed by atoms with E-state index in [1.807, 2.05) is 0 Å². The van der Waals surface area contributed by atoms with Crippen molar-refractivity contribution >= 4 is 46.9 Å². The van der Waals surface area contributed by atoms with Crippen molar-refractivity contribution in [2.45, 2.75) is 44.8 Å². The summed E-state index contributed by atoms with van der Waals surface area (Å²) < 4.78 is 5.08. The van der Waals surface area contributed by atoms with Crippen LogP contribution >= 0.6 is 23.2 Å². The Labute approximate surface area is 165 Å². The monoisotopic (exact) mass is 412 g/mol. The van der Waals surface area contributed by atoms with Gasteiger partial charge in [0.25, 0.3) is 17.7 Å². The molecule has 2 aliphatic rings. The van der Waals surface area contributed by atoms with Gasteiger partial charge in [0.15, 0.2) is 6.10 Å². The number of nitrogens with zero attached hydrogens (tertiary/aromatic N) is 1. The van der Waals surface area contributed by atoms with Crippen LogP contribution in [0.3, 0.4) is 0 Å². The van der Waals surface area contributed by atoms with Crippen molar-refractivity contribution in [3.8, 4) is 0 Å². The van der Waals surface area contributed by atoms with E-state index in [-0.39, 0.29) is 27.2 Å². The fourth-order valence-electron chi connectivity index (χ4n) is 3.23. The van der Waals surface area contributed by atoms with Gasteiger partial charge in [-0.25, -0.2) is 0 Å². The smallest absolute Gasteiger partial charge is 0.326 e. The number of benzene rings is 1. The third-order valence-corrected chi connectivity index (χ3v) is 5.40. The molecule has 27 heavy (non-hydrogen) atoms. The molecule has 0 saturated heterocycles. The van der Waals surface area contributed by atoms with Crippen LogP contribution in [-0.2, 0) is 14.3 Å². The number of fused-ring (bicyclic) bond motifs is 1. The van der Waals surface area contributed by atoms with Crippen molar-refractivity contribution in [1.82, 2.24) is 10.2 Å². The molecule has 1 saturated carbocycles. The number of imide groups is 1. The molecule has 0 spiro atoms. The van der Waals surface area contributed by atoms with E-state index in [1.54, 1.807) is 0 Å². The van der Waals surface area contributed by atoms with Gasteiger partial charge in [0.2, 0.25) is 0 Å². The van der Waals surface area contributed by atoms with E-state index in [1.165, 1.54) is 19.1 Å². The van der Waals surface area contributed by atoms with Crippen LogP contribution in [0.5, 0.6) is 0 Å². The number of carbonyl (C=O) groups is 4. The quantitative estimate of drug-likeness (QED) is 0.592. The summed E-state index contributed by atoms with van der Waals surface area (Å²) in [6, 6.07) is 2.69. The Balaban J connectivity index is 1.60. The molecule has 0 bridgehead atoms. The number of esters is 1. The summed E-state index contributed by atoms with van der Waals surface area (Å²) in [5.41, 5.74) is 0.156. The van der Waals surface area contributed by atoms with Gasteiger partial charge in [-0.3, -0.25) is 24.1 Å². The zero-order chi connectivity index (χ0) is 19.7. The van der Waals surface area contributed by atoms with Crippen molar-refractivity contribution in [2.75, 3.05) is 6.54 Å². The van der Waals surface area contributed by atoms with Crippen LogP contribution in [-0.4, -0.2) is 47.3 Å². The average Bonchev–Trinajstić information content (AvgIpc) is 3.19. The predicted molar refractivity (Wildman–Crippen MR) is 97.8 cm³/mol. The Kier molecular flexibility index (Phi) is 5.72. The lowest BCUT2D eigenvalue weighted by atomic mass is 10.1. The Morgan fingerprint density at radius 2 is 1.67 bits per heavy atom. The number of nitrogens with one attached hydrogen (secondary N) is 1. The van der Waals surface area contributed by atoms with Gasteiger partial charge in [-0.05, 0) is 31.9 Å². The Hall–Kier alpha value is -2.12. The molecule has 9 heteroatoms. The Morgan fingerprint density at radius 3 is 2.19 bits per heavy atom. The van der Waals surface area contributed by atoms with Crippen LogP contribution in [0.15, 0.2) is 12.1 Å². The molecule has 1 aromatic carbocycles. The van der Waals surface area contributed by atoms with E-state index in [4.69, 9.17) is 27.9 Å². The second-order valence-corrected chi connectivity index (χ2v) is 7.44. The summed E-state index contributed by atoms with van der Waals surface area (Å²) in [5, 5.41) is 3.10. The van der Waals surface area contributed by atoms with Crippen LogP contribution in [0.25, 0.3) is 0 Å². The summed E-state index contributed by atoms with van der Waals surface area (Å²) >= 11 is 11.8. The first-order valence-electron chi connectivity index (χ1n) is 8.63. The lowest BCUT2D eigenvalue weighted by Crippen LogP contribution is -2.43. The van der Waals surface area contributed by atoms with E-state index in [9.17, 15) is 19.2 Å². The molecule has 1 aliphatic carbocycles. The lowest BCUT2D eigenvalue weighted by molar-refractivity contribution is -0.155. The van der Waals surface area contributed by atoms with Gasteiger partial charge in [-0.2, -0.15) is 0 Å². The number of carbonyl (C=O) groups excluding carboxylic acids is 4. The maximum Gasteiger partial charge on any atom is 0.326 e. The van der Waals surface area contributed by atoms with E-state index >= 15 is 0 Å². The molecule has 3 rings (SSSR count). The number of hydrogen-bond acceptors (Lipinski definition) is 5. The molecule has 1 aliphatic heterocycles.